The lowest BCUT2D eigenvalue weighted by Crippen LogP contribution is -2.39. The highest BCUT2D eigenvalue weighted by molar-refractivity contribution is 6.05. The molecule has 166 valence electrons. The van der Waals surface area contributed by atoms with Gasteiger partial charge in [-0.3, -0.25) is 9.59 Å². The number of ketones is 2. The van der Waals surface area contributed by atoms with E-state index in [1.165, 1.54) is 13.8 Å². The summed E-state index contributed by atoms with van der Waals surface area (Å²) in [6, 6.07) is 6.33. The Hall–Kier alpha value is -3.42. The number of nitrogens with one attached hydrogen (secondary N) is 3. The van der Waals surface area contributed by atoms with Crippen LogP contribution in [0.15, 0.2) is 24.3 Å². The molecule has 0 unspecified atom stereocenters. The maximum atomic E-state index is 12.7. The topological polar surface area (TPSA) is 117 Å². The Bertz CT molecular complexity index is 989. The molecule has 1 aromatic carbocycles. The van der Waals surface area contributed by atoms with Gasteiger partial charge in [-0.1, -0.05) is 12.1 Å². The molecule has 1 aromatic heterocycles. The van der Waals surface area contributed by atoms with Crippen LogP contribution in [0.2, 0.25) is 0 Å². The molecular weight excluding hydrogens is 398 g/mol. The largest absolute Gasteiger partial charge is 0.451 e. The van der Waals surface area contributed by atoms with E-state index in [-0.39, 0.29) is 23.6 Å². The van der Waals surface area contributed by atoms with Gasteiger partial charge in [0.1, 0.15) is 0 Å². The number of ether oxygens (including phenoxy) is 1. The number of aromatic amines is 1. The Morgan fingerprint density at radius 1 is 1.03 bits per heavy atom. The van der Waals surface area contributed by atoms with Crippen LogP contribution in [0.25, 0.3) is 0 Å². The number of urea groups is 1. The highest BCUT2D eigenvalue weighted by Crippen LogP contribution is 2.21. The van der Waals surface area contributed by atoms with Crippen molar-refractivity contribution in [1.82, 2.24) is 15.6 Å². The third-order valence-electron chi connectivity index (χ3n) is 4.75. The zero-order valence-electron chi connectivity index (χ0n) is 18.7. The molecule has 2 amide bonds. The molecule has 0 aliphatic rings. The highest BCUT2D eigenvalue weighted by atomic mass is 16.5. The first kappa shape index (κ1) is 23.9. The lowest BCUT2D eigenvalue weighted by atomic mass is 10.0. The van der Waals surface area contributed by atoms with Gasteiger partial charge in [-0.05, 0) is 64.8 Å². The number of Topliss-reactive ketones (excluding diaryl/α,β-unsaturated/α-hetero) is 2. The predicted molar refractivity (Wildman–Crippen MR) is 116 cm³/mol. The van der Waals surface area contributed by atoms with Gasteiger partial charge in [0.2, 0.25) is 5.78 Å². The summed E-state index contributed by atoms with van der Waals surface area (Å²) in [4.78, 5) is 51.5. The number of hydrogen-bond acceptors (Lipinski definition) is 5. The summed E-state index contributed by atoms with van der Waals surface area (Å²) in [5.41, 5.74) is 3.01. The highest BCUT2D eigenvalue weighted by Gasteiger charge is 2.26. The molecule has 0 saturated heterocycles. The average Bonchev–Trinajstić information content (AvgIpc) is 2.99. The monoisotopic (exact) mass is 427 g/mol. The fraction of sp³-hybridized carbons (Fsp3) is 0.391. The van der Waals surface area contributed by atoms with Gasteiger partial charge in [-0.2, -0.15) is 0 Å². The van der Waals surface area contributed by atoms with E-state index in [2.05, 4.69) is 15.6 Å². The fourth-order valence-corrected chi connectivity index (χ4v) is 3.26. The summed E-state index contributed by atoms with van der Waals surface area (Å²) in [5, 5.41) is 5.45. The number of amides is 2. The van der Waals surface area contributed by atoms with Crippen molar-refractivity contribution < 1.29 is 23.9 Å². The Morgan fingerprint density at radius 3 is 2.16 bits per heavy atom. The first-order valence-corrected chi connectivity index (χ1v) is 10.1. The zero-order chi connectivity index (χ0) is 23.3. The quantitative estimate of drug-likeness (QED) is 0.440. The van der Waals surface area contributed by atoms with E-state index in [1.807, 2.05) is 13.8 Å². The molecule has 0 aliphatic carbocycles. The van der Waals surface area contributed by atoms with Gasteiger partial charge in [-0.15, -0.1) is 0 Å². The van der Waals surface area contributed by atoms with Crippen LogP contribution >= 0.6 is 0 Å². The third-order valence-corrected chi connectivity index (χ3v) is 4.75. The van der Waals surface area contributed by atoms with Gasteiger partial charge in [0, 0.05) is 23.8 Å². The van der Waals surface area contributed by atoms with Crippen LogP contribution in [0.4, 0.5) is 4.79 Å². The summed E-state index contributed by atoms with van der Waals surface area (Å²) in [6.07, 6.45) is -1.02. The zero-order valence-corrected chi connectivity index (χ0v) is 18.7. The number of carbonyl (C=O) groups is 4. The molecule has 0 saturated carbocycles. The van der Waals surface area contributed by atoms with E-state index >= 15 is 0 Å². The maximum Gasteiger partial charge on any atom is 0.338 e. The molecule has 1 atom stereocenters. The van der Waals surface area contributed by atoms with E-state index in [0.717, 1.165) is 5.56 Å². The van der Waals surface area contributed by atoms with Crippen molar-refractivity contribution in [3.05, 3.63) is 57.9 Å². The lowest BCUT2D eigenvalue weighted by Gasteiger charge is -2.13. The van der Waals surface area contributed by atoms with E-state index < -0.39 is 17.9 Å². The molecule has 8 heteroatoms. The summed E-state index contributed by atoms with van der Waals surface area (Å²) in [5.74, 6) is -1.17. The summed E-state index contributed by atoms with van der Waals surface area (Å²) < 4.78 is 5.33. The Morgan fingerprint density at radius 2 is 1.65 bits per heavy atom. The van der Waals surface area contributed by atoms with Gasteiger partial charge < -0.3 is 20.4 Å². The molecule has 2 aromatic rings. The van der Waals surface area contributed by atoms with Gasteiger partial charge in [0.15, 0.2) is 11.9 Å². The number of rotatable bonds is 8. The van der Waals surface area contributed by atoms with Crippen LogP contribution in [-0.2, 0) is 11.3 Å². The number of aryl methyl sites for hydroxylation is 1. The maximum absolute atomic E-state index is 12.7. The minimum Gasteiger partial charge on any atom is -0.451 e. The summed E-state index contributed by atoms with van der Waals surface area (Å²) >= 11 is 0. The van der Waals surface area contributed by atoms with Crippen LogP contribution in [0.1, 0.15) is 75.7 Å². The SMILES string of the molecule is CC(=O)c1c(C)[nH]c(C(=O)[C@H](C)OC(=O)c2ccc(CNC(=O)NC(C)C)cc2)c1C. The van der Waals surface area contributed by atoms with E-state index in [9.17, 15) is 19.2 Å². The van der Waals surface area contributed by atoms with Crippen molar-refractivity contribution in [3.63, 3.8) is 0 Å². The number of aromatic nitrogens is 1. The number of benzene rings is 1. The minimum atomic E-state index is -1.02. The van der Waals surface area contributed by atoms with Crippen LogP contribution in [0, 0.1) is 13.8 Å². The molecule has 8 nitrogen and oxygen atoms in total. The second-order valence-corrected chi connectivity index (χ2v) is 7.77. The Kier molecular flexibility index (Phi) is 7.74. The van der Waals surface area contributed by atoms with Crippen molar-refractivity contribution in [2.24, 2.45) is 0 Å². The predicted octanol–water partition coefficient (Wildman–Crippen LogP) is 3.47. The standard InChI is InChI=1S/C23H29N3O5/c1-12(2)25-23(30)24-11-17-7-9-18(10-8-17)22(29)31-16(6)21(28)20-13(3)19(15(5)27)14(4)26-20/h7-10,12,16,26H,11H2,1-6H3,(H2,24,25,30)/t16-/m0/s1. The van der Waals surface area contributed by atoms with Crippen molar-refractivity contribution in [2.75, 3.05) is 0 Å². The van der Waals surface area contributed by atoms with E-state index in [0.29, 0.717) is 28.9 Å². The van der Waals surface area contributed by atoms with Crippen LogP contribution in [0.3, 0.4) is 0 Å². The van der Waals surface area contributed by atoms with Gasteiger partial charge in [0.05, 0.1) is 11.3 Å². The van der Waals surface area contributed by atoms with Crippen LogP contribution < -0.4 is 10.6 Å². The molecule has 1 heterocycles. The van der Waals surface area contributed by atoms with Crippen molar-refractivity contribution >= 4 is 23.6 Å². The molecule has 0 fully saturated rings. The summed E-state index contributed by atoms with van der Waals surface area (Å²) in [7, 11) is 0. The van der Waals surface area contributed by atoms with Gasteiger partial charge >= 0.3 is 12.0 Å². The minimum absolute atomic E-state index is 0.0366. The first-order valence-electron chi connectivity index (χ1n) is 10.1. The average molecular weight is 428 g/mol. The Labute approximate surface area is 181 Å². The lowest BCUT2D eigenvalue weighted by molar-refractivity contribution is 0.0317. The van der Waals surface area contributed by atoms with Crippen LogP contribution in [0.5, 0.6) is 0 Å². The smallest absolute Gasteiger partial charge is 0.338 e. The number of esters is 1. The molecule has 0 bridgehead atoms. The van der Waals surface area contributed by atoms with Crippen molar-refractivity contribution in [3.8, 4) is 0 Å². The molecule has 0 radical (unpaired) electrons. The van der Waals surface area contributed by atoms with Gasteiger partial charge in [-0.25, -0.2) is 9.59 Å². The second kappa shape index (κ2) is 10.1. The van der Waals surface area contributed by atoms with Crippen LogP contribution in [-0.4, -0.2) is 40.7 Å². The molecule has 3 N–H and O–H groups in total. The fourth-order valence-electron chi connectivity index (χ4n) is 3.26. The molecule has 0 aliphatic heterocycles. The number of H-pyrrole nitrogens is 1. The molecular formula is C23H29N3O5. The van der Waals surface area contributed by atoms with Gasteiger partial charge in [0.25, 0.3) is 0 Å². The van der Waals surface area contributed by atoms with E-state index in [4.69, 9.17) is 4.74 Å². The second-order valence-electron chi connectivity index (χ2n) is 7.77. The molecule has 0 spiro atoms. The Balaban J connectivity index is 2.00. The summed E-state index contributed by atoms with van der Waals surface area (Å²) in [6.45, 7) is 10.4. The molecule has 31 heavy (non-hydrogen) atoms. The third kappa shape index (κ3) is 6.04. The van der Waals surface area contributed by atoms with Crippen molar-refractivity contribution in [2.45, 2.75) is 60.2 Å². The number of hydrogen-bond donors (Lipinski definition) is 3. The molecule has 2 rings (SSSR count). The first-order chi connectivity index (χ1) is 14.5. The number of carbonyl (C=O) groups excluding carboxylic acids is 4. The van der Waals surface area contributed by atoms with Crippen molar-refractivity contribution in [1.29, 1.82) is 0 Å². The normalized spacial score (nSPS) is 11.7. The van der Waals surface area contributed by atoms with E-state index in [1.54, 1.807) is 38.1 Å².